The Bertz CT molecular complexity index is 762. The molecule has 3 aromatic rings. The Kier molecular flexibility index (Phi) is 5.19. The number of aryl methyl sites for hydroxylation is 1. The molecule has 0 bridgehead atoms. The third-order valence-electron chi connectivity index (χ3n) is 4.00. The van der Waals surface area contributed by atoms with Gasteiger partial charge in [-0.3, -0.25) is 0 Å². The molecule has 120 valence electrons. The van der Waals surface area contributed by atoms with Gasteiger partial charge in [0.15, 0.2) is 0 Å². The maximum atomic E-state index is 5.94. The van der Waals surface area contributed by atoms with Crippen LogP contribution in [0.4, 0.5) is 5.95 Å². The lowest BCUT2D eigenvalue weighted by molar-refractivity contribution is 0.616. The van der Waals surface area contributed by atoms with Gasteiger partial charge in [0.25, 0.3) is 0 Å². The molecule has 23 heavy (non-hydrogen) atoms. The van der Waals surface area contributed by atoms with Gasteiger partial charge in [-0.05, 0) is 36.2 Å². The number of fused-ring (bicyclic) bond motifs is 1. The highest BCUT2D eigenvalue weighted by Gasteiger charge is 2.09. The number of nitrogens with zero attached hydrogens (tertiary/aromatic N) is 2. The predicted octanol–water partition coefficient (Wildman–Crippen LogP) is 5.49. The number of para-hydroxylation sites is 2. The number of aromatic nitrogens is 2. The van der Waals surface area contributed by atoms with Crippen LogP contribution in [-0.4, -0.2) is 9.55 Å². The van der Waals surface area contributed by atoms with E-state index in [2.05, 4.69) is 35.0 Å². The van der Waals surface area contributed by atoms with Gasteiger partial charge in [-0.2, -0.15) is 0 Å². The van der Waals surface area contributed by atoms with Crippen LogP contribution in [0.5, 0.6) is 0 Å². The number of halogens is 1. The van der Waals surface area contributed by atoms with E-state index in [-0.39, 0.29) is 0 Å². The first-order chi connectivity index (χ1) is 11.3. The molecule has 0 aliphatic carbocycles. The van der Waals surface area contributed by atoms with Crippen molar-refractivity contribution < 1.29 is 0 Å². The second-order valence-corrected chi connectivity index (χ2v) is 6.20. The SMILES string of the molecule is CCCCCn1c(NCc2ccc(Cl)cc2)nc2ccccc21. The zero-order valence-corrected chi connectivity index (χ0v) is 14.2. The van der Waals surface area contributed by atoms with Crippen molar-refractivity contribution >= 4 is 28.6 Å². The lowest BCUT2D eigenvalue weighted by Crippen LogP contribution is -2.08. The summed E-state index contributed by atoms with van der Waals surface area (Å²) in [5.74, 6) is 0.942. The number of hydrogen-bond donors (Lipinski definition) is 1. The van der Waals surface area contributed by atoms with E-state index < -0.39 is 0 Å². The summed E-state index contributed by atoms with van der Waals surface area (Å²) in [7, 11) is 0. The summed E-state index contributed by atoms with van der Waals surface area (Å²) in [6.07, 6.45) is 3.63. The Morgan fingerprint density at radius 1 is 1.04 bits per heavy atom. The number of imidazole rings is 1. The van der Waals surface area contributed by atoms with Crippen molar-refractivity contribution in [3.05, 3.63) is 59.1 Å². The Labute approximate surface area is 142 Å². The molecule has 0 amide bonds. The van der Waals surface area contributed by atoms with Gasteiger partial charge in [-0.25, -0.2) is 4.98 Å². The molecule has 0 saturated carbocycles. The molecule has 0 radical (unpaired) electrons. The summed E-state index contributed by atoms with van der Waals surface area (Å²) in [4.78, 5) is 4.75. The molecule has 0 spiro atoms. The fourth-order valence-corrected chi connectivity index (χ4v) is 2.87. The van der Waals surface area contributed by atoms with Crippen molar-refractivity contribution in [1.82, 2.24) is 9.55 Å². The van der Waals surface area contributed by atoms with Crippen molar-refractivity contribution in [3.63, 3.8) is 0 Å². The average molecular weight is 328 g/mol. The van der Waals surface area contributed by atoms with Gasteiger partial charge in [0, 0.05) is 18.1 Å². The minimum atomic E-state index is 0.744. The molecule has 0 atom stereocenters. The summed E-state index contributed by atoms with van der Waals surface area (Å²) < 4.78 is 2.29. The van der Waals surface area contributed by atoms with Gasteiger partial charge in [-0.1, -0.05) is 55.6 Å². The lowest BCUT2D eigenvalue weighted by Gasteiger charge is -2.11. The third-order valence-corrected chi connectivity index (χ3v) is 4.26. The van der Waals surface area contributed by atoms with Crippen molar-refractivity contribution in [2.24, 2.45) is 0 Å². The minimum absolute atomic E-state index is 0.744. The number of rotatable bonds is 7. The quantitative estimate of drug-likeness (QED) is 0.581. The first-order valence-corrected chi connectivity index (χ1v) is 8.59. The van der Waals surface area contributed by atoms with Crippen LogP contribution in [-0.2, 0) is 13.1 Å². The van der Waals surface area contributed by atoms with Crippen molar-refractivity contribution in [3.8, 4) is 0 Å². The van der Waals surface area contributed by atoms with Crippen molar-refractivity contribution in [2.75, 3.05) is 5.32 Å². The van der Waals surface area contributed by atoms with E-state index in [0.29, 0.717) is 0 Å². The van der Waals surface area contributed by atoms with E-state index >= 15 is 0 Å². The summed E-state index contributed by atoms with van der Waals surface area (Å²) in [6, 6.07) is 16.2. The topological polar surface area (TPSA) is 29.9 Å². The van der Waals surface area contributed by atoms with Gasteiger partial charge in [0.05, 0.1) is 11.0 Å². The van der Waals surface area contributed by atoms with Crippen LogP contribution in [0.25, 0.3) is 11.0 Å². The molecule has 2 aromatic carbocycles. The van der Waals surface area contributed by atoms with Gasteiger partial charge < -0.3 is 9.88 Å². The minimum Gasteiger partial charge on any atom is -0.352 e. The highest BCUT2D eigenvalue weighted by atomic mass is 35.5. The van der Waals surface area contributed by atoms with Gasteiger partial charge in [0.2, 0.25) is 5.95 Å². The summed E-state index contributed by atoms with van der Waals surface area (Å²) >= 11 is 5.94. The molecular weight excluding hydrogens is 306 g/mol. The van der Waals surface area contributed by atoms with Crippen molar-refractivity contribution in [2.45, 2.75) is 39.3 Å². The summed E-state index contributed by atoms with van der Waals surface area (Å²) in [5, 5.41) is 4.24. The highest BCUT2D eigenvalue weighted by molar-refractivity contribution is 6.30. The first-order valence-electron chi connectivity index (χ1n) is 8.21. The average Bonchev–Trinajstić information content (AvgIpc) is 2.93. The van der Waals surface area contributed by atoms with Gasteiger partial charge >= 0.3 is 0 Å². The third kappa shape index (κ3) is 3.85. The molecule has 3 rings (SSSR count). The molecule has 0 aliphatic heterocycles. The van der Waals surface area contributed by atoms with E-state index in [1.165, 1.54) is 30.3 Å². The van der Waals surface area contributed by atoms with E-state index in [9.17, 15) is 0 Å². The first kappa shape index (κ1) is 15.9. The van der Waals surface area contributed by atoms with Crippen LogP contribution in [0.1, 0.15) is 31.7 Å². The van der Waals surface area contributed by atoms with E-state index in [4.69, 9.17) is 16.6 Å². The molecule has 0 fully saturated rings. The standard InChI is InChI=1S/C19H22ClN3/c1-2-3-6-13-23-18-8-5-4-7-17(18)22-19(23)21-14-15-9-11-16(20)12-10-15/h4-5,7-12H,2-3,6,13-14H2,1H3,(H,21,22). The Morgan fingerprint density at radius 3 is 2.61 bits per heavy atom. The second kappa shape index (κ2) is 7.51. The van der Waals surface area contributed by atoms with Crippen molar-refractivity contribution in [1.29, 1.82) is 0 Å². The van der Waals surface area contributed by atoms with E-state index in [0.717, 1.165) is 29.6 Å². The van der Waals surface area contributed by atoms with E-state index in [1.54, 1.807) is 0 Å². The number of hydrogen-bond acceptors (Lipinski definition) is 2. The van der Waals surface area contributed by atoms with Crippen LogP contribution in [0.3, 0.4) is 0 Å². The second-order valence-electron chi connectivity index (χ2n) is 5.76. The molecule has 4 heteroatoms. The number of unbranched alkanes of at least 4 members (excludes halogenated alkanes) is 2. The zero-order chi connectivity index (χ0) is 16.1. The monoisotopic (exact) mass is 327 g/mol. The fraction of sp³-hybridized carbons (Fsp3) is 0.316. The molecule has 1 heterocycles. The largest absolute Gasteiger partial charge is 0.352 e. The molecular formula is C19H22ClN3. The zero-order valence-electron chi connectivity index (χ0n) is 13.4. The summed E-state index contributed by atoms with van der Waals surface area (Å²) in [6.45, 7) is 3.97. The number of anilines is 1. The smallest absolute Gasteiger partial charge is 0.204 e. The Balaban J connectivity index is 1.80. The van der Waals surface area contributed by atoms with Crippen LogP contribution >= 0.6 is 11.6 Å². The maximum absolute atomic E-state index is 5.94. The highest BCUT2D eigenvalue weighted by Crippen LogP contribution is 2.21. The Hall–Kier alpha value is -2.00. The number of benzene rings is 2. The predicted molar refractivity (Wildman–Crippen MR) is 98.0 cm³/mol. The van der Waals surface area contributed by atoms with Gasteiger partial charge in [-0.15, -0.1) is 0 Å². The molecule has 1 aromatic heterocycles. The maximum Gasteiger partial charge on any atom is 0.204 e. The molecule has 3 nitrogen and oxygen atoms in total. The van der Waals surface area contributed by atoms with Gasteiger partial charge in [0.1, 0.15) is 0 Å². The molecule has 0 unspecified atom stereocenters. The number of nitrogens with one attached hydrogen (secondary N) is 1. The Morgan fingerprint density at radius 2 is 1.83 bits per heavy atom. The van der Waals surface area contributed by atoms with Crippen LogP contribution < -0.4 is 5.32 Å². The normalized spacial score (nSPS) is 11.0. The van der Waals surface area contributed by atoms with E-state index in [1.807, 2.05) is 30.3 Å². The van der Waals surface area contributed by atoms with Crippen LogP contribution in [0.15, 0.2) is 48.5 Å². The molecule has 1 N–H and O–H groups in total. The van der Waals surface area contributed by atoms with Crippen LogP contribution in [0, 0.1) is 0 Å². The summed E-state index contributed by atoms with van der Waals surface area (Å²) in [5.41, 5.74) is 3.44. The fourth-order valence-electron chi connectivity index (χ4n) is 2.74. The molecule has 0 saturated heterocycles. The van der Waals surface area contributed by atoms with Crippen LogP contribution in [0.2, 0.25) is 5.02 Å². The lowest BCUT2D eigenvalue weighted by atomic mass is 10.2. The molecule has 0 aliphatic rings.